The summed E-state index contributed by atoms with van der Waals surface area (Å²) in [7, 11) is 0. The number of halogens is 2. The molecule has 0 aliphatic heterocycles. The van der Waals surface area contributed by atoms with Crippen LogP contribution in [-0.2, 0) is 4.74 Å². The van der Waals surface area contributed by atoms with E-state index in [1.165, 1.54) is 6.07 Å². The Morgan fingerprint density at radius 3 is 2.63 bits per heavy atom. The molecule has 0 saturated heterocycles. The van der Waals surface area contributed by atoms with Gasteiger partial charge in [0.05, 0.1) is 11.7 Å². The van der Waals surface area contributed by atoms with Crippen LogP contribution in [0.5, 0.6) is 0 Å². The second-order valence-corrected chi connectivity index (χ2v) is 5.85. The smallest absolute Gasteiger partial charge is 0.407 e. The van der Waals surface area contributed by atoms with Gasteiger partial charge in [0.1, 0.15) is 10.8 Å². The van der Waals surface area contributed by atoms with E-state index in [1.807, 2.05) is 0 Å². The Bertz CT molecular complexity index is 441. The lowest BCUT2D eigenvalue weighted by molar-refractivity contribution is 0.0524. The van der Waals surface area contributed by atoms with Crippen molar-refractivity contribution in [1.29, 1.82) is 0 Å². The number of aromatic nitrogens is 1. The van der Waals surface area contributed by atoms with Gasteiger partial charge in [-0.3, -0.25) is 0 Å². The third kappa shape index (κ3) is 6.09. The number of pyridine rings is 1. The lowest BCUT2D eigenvalue weighted by atomic mass is 10.2. The normalized spacial score (nSPS) is 12.9. The van der Waals surface area contributed by atoms with Crippen molar-refractivity contribution < 1.29 is 9.53 Å². The minimum Gasteiger partial charge on any atom is -0.444 e. The molecule has 1 aromatic rings. The minimum absolute atomic E-state index is 0.179. The molecule has 3 N–H and O–H groups in total. The highest BCUT2D eigenvalue weighted by molar-refractivity contribution is 6.33. The van der Waals surface area contributed by atoms with Gasteiger partial charge in [0.25, 0.3) is 0 Å². The van der Waals surface area contributed by atoms with E-state index in [0.717, 1.165) is 0 Å². The average Bonchev–Trinajstić information content (AvgIpc) is 2.22. The van der Waals surface area contributed by atoms with E-state index in [1.54, 1.807) is 26.8 Å². The first-order chi connectivity index (χ1) is 8.67. The zero-order valence-corrected chi connectivity index (χ0v) is 12.5. The Balaban J connectivity index is 2.56. The molecule has 0 fully saturated rings. The summed E-state index contributed by atoms with van der Waals surface area (Å²) in [5.41, 5.74) is 5.85. The number of nitrogens with two attached hydrogens (primary N) is 1. The quantitative estimate of drug-likeness (QED) is 0.842. The molecule has 0 spiro atoms. The zero-order valence-electron chi connectivity index (χ0n) is 11.0. The van der Waals surface area contributed by atoms with Gasteiger partial charge in [0.15, 0.2) is 0 Å². The lowest BCUT2D eigenvalue weighted by Crippen LogP contribution is -2.36. The highest BCUT2D eigenvalue weighted by Crippen LogP contribution is 2.18. The van der Waals surface area contributed by atoms with Crippen molar-refractivity contribution in [1.82, 2.24) is 10.3 Å². The highest BCUT2D eigenvalue weighted by Gasteiger charge is 2.17. The molecule has 0 aliphatic carbocycles. The maximum absolute atomic E-state index is 11.5. The molecular formula is C12H17Cl2N3O2. The predicted molar refractivity (Wildman–Crippen MR) is 75.4 cm³/mol. The Morgan fingerprint density at radius 2 is 2.11 bits per heavy atom. The van der Waals surface area contributed by atoms with Gasteiger partial charge in [-0.2, -0.15) is 0 Å². The lowest BCUT2D eigenvalue weighted by Gasteiger charge is -2.20. The summed E-state index contributed by atoms with van der Waals surface area (Å²) in [4.78, 5) is 15.5. The maximum Gasteiger partial charge on any atom is 0.407 e. The van der Waals surface area contributed by atoms with E-state index >= 15 is 0 Å². The van der Waals surface area contributed by atoms with Gasteiger partial charge in [0, 0.05) is 11.6 Å². The summed E-state index contributed by atoms with van der Waals surface area (Å²) in [5, 5.41) is 3.27. The molecule has 106 valence electrons. The molecular weight excluding hydrogens is 289 g/mol. The van der Waals surface area contributed by atoms with Crippen LogP contribution < -0.4 is 11.1 Å². The van der Waals surface area contributed by atoms with Crippen LogP contribution in [0.3, 0.4) is 0 Å². The van der Waals surface area contributed by atoms with Crippen LogP contribution in [-0.4, -0.2) is 23.2 Å². The van der Waals surface area contributed by atoms with Crippen LogP contribution in [0.4, 0.5) is 4.79 Å². The molecule has 1 amide bonds. The Morgan fingerprint density at radius 1 is 1.47 bits per heavy atom. The van der Waals surface area contributed by atoms with Crippen LogP contribution >= 0.6 is 23.2 Å². The van der Waals surface area contributed by atoms with E-state index in [4.69, 9.17) is 33.7 Å². The Labute approximate surface area is 122 Å². The minimum atomic E-state index is -0.550. The van der Waals surface area contributed by atoms with Gasteiger partial charge in [-0.05, 0) is 32.9 Å². The number of carbonyl (C=O) groups excluding carboxylic acids is 1. The molecule has 7 heteroatoms. The zero-order chi connectivity index (χ0) is 14.6. The first-order valence-corrected chi connectivity index (χ1v) is 6.48. The summed E-state index contributed by atoms with van der Waals surface area (Å²) in [6, 6.07) is 2.61. The molecule has 0 radical (unpaired) electrons. The molecule has 0 saturated carbocycles. The molecule has 0 aliphatic rings. The first-order valence-electron chi connectivity index (χ1n) is 5.73. The highest BCUT2D eigenvalue weighted by atomic mass is 35.5. The molecule has 1 atom stereocenters. The fourth-order valence-corrected chi connectivity index (χ4v) is 1.77. The van der Waals surface area contributed by atoms with Crippen LogP contribution in [0.2, 0.25) is 10.2 Å². The van der Waals surface area contributed by atoms with Crippen LogP contribution in [0.15, 0.2) is 12.1 Å². The van der Waals surface area contributed by atoms with E-state index < -0.39 is 17.7 Å². The third-order valence-electron chi connectivity index (χ3n) is 2.02. The van der Waals surface area contributed by atoms with Crippen molar-refractivity contribution in [3.63, 3.8) is 0 Å². The monoisotopic (exact) mass is 305 g/mol. The number of carbonyl (C=O) groups is 1. The average molecular weight is 306 g/mol. The van der Waals surface area contributed by atoms with Gasteiger partial charge in [-0.1, -0.05) is 23.2 Å². The first kappa shape index (κ1) is 16.0. The van der Waals surface area contributed by atoms with Crippen molar-refractivity contribution >= 4 is 29.3 Å². The molecule has 1 rings (SSSR count). The van der Waals surface area contributed by atoms with E-state index in [2.05, 4.69) is 10.3 Å². The summed E-state index contributed by atoms with van der Waals surface area (Å²) in [5.74, 6) is 0. The van der Waals surface area contributed by atoms with E-state index in [0.29, 0.717) is 10.7 Å². The number of nitrogens with zero attached hydrogens (tertiary/aromatic N) is 1. The fraction of sp³-hybridized carbons (Fsp3) is 0.500. The number of alkyl carbamates (subject to hydrolysis) is 1. The molecule has 1 aromatic heterocycles. The molecule has 5 nitrogen and oxygen atoms in total. The van der Waals surface area contributed by atoms with Gasteiger partial charge in [0.2, 0.25) is 0 Å². The van der Waals surface area contributed by atoms with Gasteiger partial charge >= 0.3 is 6.09 Å². The van der Waals surface area contributed by atoms with Crippen molar-refractivity contribution in [2.24, 2.45) is 5.73 Å². The number of hydrogen-bond acceptors (Lipinski definition) is 4. The summed E-state index contributed by atoms with van der Waals surface area (Å²) < 4.78 is 5.09. The molecule has 0 bridgehead atoms. The van der Waals surface area contributed by atoms with Crippen molar-refractivity contribution in [2.75, 3.05) is 6.54 Å². The maximum atomic E-state index is 11.5. The number of hydrogen-bond donors (Lipinski definition) is 2. The second-order valence-electron chi connectivity index (χ2n) is 5.02. The van der Waals surface area contributed by atoms with Crippen molar-refractivity contribution in [3.8, 4) is 0 Å². The van der Waals surface area contributed by atoms with E-state index in [-0.39, 0.29) is 11.7 Å². The second kappa shape index (κ2) is 6.41. The Kier molecular flexibility index (Phi) is 5.40. The van der Waals surface area contributed by atoms with Crippen molar-refractivity contribution in [3.05, 3.63) is 28.0 Å². The summed E-state index contributed by atoms with van der Waals surface area (Å²) in [6.45, 7) is 5.53. The molecule has 1 unspecified atom stereocenters. The molecule has 1 heterocycles. The van der Waals surface area contributed by atoms with Gasteiger partial charge in [-0.15, -0.1) is 0 Å². The number of rotatable bonds is 3. The van der Waals surface area contributed by atoms with Crippen molar-refractivity contribution in [2.45, 2.75) is 32.4 Å². The van der Waals surface area contributed by atoms with Gasteiger partial charge < -0.3 is 15.8 Å². The SMILES string of the molecule is CC(C)(C)OC(=O)NCC(N)c1cc(Cl)cc(Cl)n1. The molecule has 19 heavy (non-hydrogen) atoms. The third-order valence-corrected chi connectivity index (χ3v) is 2.44. The number of amides is 1. The number of ether oxygens (including phenoxy) is 1. The van der Waals surface area contributed by atoms with Crippen LogP contribution in [0.1, 0.15) is 32.5 Å². The van der Waals surface area contributed by atoms with E-state index in [9.17, 15) is 4.79 Å². The summed E-state index contributed by atoms with van der Waals surface area (Å²) >= 11 is 11.6. The largest absolute Gasteiger partial charge is 0.444 e. The number of nitrogens with one attached hydrogen (secondary N) is 1. The predicted octanol–water partition coefficient (Wildman–Crippen LogP) is 2.91. The van der Waals surface area contributed by atoms with Crippen LogP contribution in [0, 0.1) is 0 Å². The Hall–Kier alpha value is -1.04. The standard InChI is InChI=1S/C12H17Cl2N3O2/c1-12(2,3)19-11(18)16-6-8(15)9-4-7(13)5-10(14)17-9/h4-5,8H,6,15H2,1-3H3,(H,16,18). The fourth-order valence-electron chi connectivity index (χ4n) is 1.29. The summed E-state index contributed by atoms with van der Waals surface area (Å²) in [6.07, 6.45) is -0.531. The van der Waals surface area contributed by atoms with Gasteiger partial charge in [-0.25, -0.2) is 9.78 Å². The van der Waals surface area contributed by atoms with Crippen LogP contribution in [0.25, 0.3) is 0 Å². The molecule has 0 aromatic carbocycles. The topological polar surface area (TPSA) is 77.2 Å².